The highest BCUT2D eigenvalue weighted by Crippen LogP contribution is 2.30. The fourth-order valence-corrected chi connectivity index (χ4v) is 5.98. The Balaban J connectivity index is 1.70. The summed E-state index contributed by atoms with van der Waals surface area (Å²) in [6.07, 6.45) is 1.63. The maximum Gasteiger partial charge on any atom is 0.160 e. The van der Waals surface area contributed by atoms with E-state index < -0.39 is 5.50 Å². The highest BCUT2D eigenvalue weighted by molar-refractivity contribution is 6.25. The van der Waals surface area contributed by atoms with E-state index in [1.54, 1.807) is 12.3 Å². The van der Waals surface area contributed by atoms with Crippen LogP contribution in [0.3, 0.4) is 0 Å². The number of pyridine rings is 1. The van der Waals surface area contributed by atoms with Crippen LogP contribution in [0.4, 0.5) is 0 Å². The third-order valence-electron chi connectivity index (χ3n) is 7.57. The summed E-state index contributed by atoms with van der Waals surface area (Å²) in [7, 11) is 0. The van der Waals surface area contributed by atoms with Crippen LogP contribution in [0.25, 0.3) is 49.1 Å². The van der Waals surface area contributed by atoms with Crippen LogP contribution in [-0.2, 0) is 14.4 Å². The Morgan fingerprint density at radius 2 is 1.27 bits per heavy atom. The lowest BCUT2D eigenvalue weighted by Gasteiger charge is -2.18. The van der Waals surface area contributed by atoms with Crippen molar-refractivity contribution in [3.63, 3.8) is 0 Å². The van der Waals surface area contributed by atoms with Gasteiger partial charge in [0.25, 0.3) is 0 Å². The molecule has 0 amide bonds. The van der Waals surface area contributed by atoms with Gasteiger partial charge >= 0.3 is 0 Å². The minimum Gasteiger partial charge on any atom is -0.257 e. The fraction of sp³-hybridized carbons (Fsp3) is 0.0286. The molecule has 41 heavy (non-hydrogen) atoms. The molecule has 2 heterocycles. The summed E-state index contributed by atoms with van der Waals surface area (Å²) in [5.41, 5.74) is 1.86. The number of halogens is 1. The van der Waals surface area contributed by atoms with Crippen molar-refractivity contribution in [1.29, 1.82) is 0 Å². The first-order valence-corrected chi connectivity index (χ1v) is 13.3. The van der Waals surface area contributed by atoms with Crippen molar-refractivity contribution in [2.45, 2.75) is 5.50 Å². The molecule has 1 unspecified atom stereocenters. The predicted octanol–water partition coefficient (Wildman–Crippen LogP) is 3.37. The van der Waals surface area contributed by atoms with Gasteiger partial charge in [-0.25, -0.2) is 14.4 Å². The lowest BCUT2D eigenvalue weighted by molar-refractivity contribution is 0.564. The van der Waals surface area contributed by atoms with Crippen LogP contribution in [0, 0.1) is 0 Å². The SMILES string of the molecule is O=C=C1C(c2ccc3ccccc3c2)=c2c(=C=O)c(=C=O)c3c(-c4ccc5ccccc5c4)ccnc3c2=NC1Cl. The maximum absolute atomic E-state index is 12.7. The van der Waals surface area contributed by atoms with Gasteiger partial charge in [-0.2, -0.15) is 0 Å². The Labute approximate surface area is 237 Å². The second-order valence-corrected chi connectivity index (χ2v) is 10.2. The summed E-state index contributed by atoms with van der Waals surface area (Å²) in [6.45, 7) is 0. The third-order valence-corrected chi connectivity index (χ3v) is 7.89. The zero-order chi connectivity index (χ0) is 28.1. The molecule has 1 aromatic heterocycles. The highest BCUT2D eigenvalue weighted by atomic mass is 35.5. The average molecular weight is 549 g/mol. The molecule has 0 saturated carbocycles. The smallest absolute Gasteiger partial charge is 0.160 e. The van der Waals surface area contributed by atoms with Crippen molar-refractivity contribution in [2.24, 2.45) is 4.99 Å². The van der Waals surface area contributed by atoms with Crippen LogP contribution in [-0.4, -0.2) is 28.3 Å². The van der Waals surface area contributed by atoms with Crippen LogP contribution in [0.15, 0.2) is 108 Å². The predicted molar refractivity (Wildman–Crippen MR) is 160 cm³/mol. The number of hydrogen-bond acceptors (Lipinski definition) is 5. The van der Waals surface area contributed by atoms with Crippen LogP contribution in [0.5, 0.6) is 0 Å². The number of aromatic nitrogens is 1. The number of fused-ring (bicyclic) bond motifs is 5. The van der Waals surface area contributed by atoms with Gasteiger partial charge in [0.15, 0.2) is 5.50 Å². The Bertz CT molecular complexity index is 2470. The molecule has 1 aliphatic heterocycles. The number of alkyl halides is 1. The van der Waals surface area contributed by atoms with Gasteiger partial charge in [-0.1, -0.05) is 84.4 Å². The lowest BCUT2D eigenvalue weighted by Crippen LogP contribution is -2.54. The molecule has 0 fully saturated rings. The largest absolute Gasteiger partial charge is 0.257 e. The summed E-state index contributed by atoms with van der Waals surface area (Å²) in [6, 6.07) is 29.2. The summed E-state index contributed by atoms with van der Waals surface area (Å²) in [5.74, 6) is 5.89. The minimum absolute atomic E-state index is 0.00299. The van der Waals surface area contributed by atoms with Gasteiger partial charge in [-0.05, 0) is 56.4 Å². The molecule has 1 atom stereocenters. The van der Waals surface area contributed by atoms with Crippen LogP contribution in [0.1, 0.15) is 5.56 Å². The van der Waals surface area contributed by atoms with E-state index in [1.165, 1.54) is 0 Å². The van der Waals surface area contributed by atoms with E-state index in [0.29, 0.717) is 33.0 Å². The second-order valence-electron chi connectivity index (χ2n) is 9.74. The van der Waals surface area contributed by atoms with Gasteiger partial charge in [0.1, 0.15) is 17.8 Å². The maximum atomic E-state index is 12.7. The van der Waals surface area contributed by atoms with E-state index in [9.17, 15) is 14.4 Å². The van der Waals surface area contributed by atoms with Crippen molar-refractivity contribution in [1.82, 2.24) is 4.98 Å². The molecule has 0 aliphatic carbocycles. The van der Waals surface area contributed by atoms with Crippen LogP contribution >= 0.6 is 11.6 Å². The normalized spacial score (nSPS) is 14.3. The van der Waals surface area contributed by atoms with Crippen LogP contribution in [0.2, 0.25) is 0 Å². The van der Waals surface area contributed by atoms with E-state index in [-0.39, 0.29) is 21.2 Å². The van der Waals surface area contributed by atoms with E-state index in [4.69, 9.17) is 11.6 Å². The molecule has 0 radical (unpaired) electrons. The highest BCUT2D eigenvalue weighted by Gasteiger charge is 2.26. The molecule has 0 spiro atoms. The standard InChI is InChI=1S/C35H17ClN2O3/c36-35-29(19-41)30(25-12-10-21-6-2-4-8-23(21)16-25)32-28(18-40)27(17-39)31-26(13-14-37-33(31)34(32)38-35)24-11-9-20-5-1-3-7-22(20)15-24/h1-16,35H. The van der Waals surface area contributed by atoms with Crippen molar-refractivity contribution in [3.8, 4) is 11.1 Å². The minimum atomic E-state index is -1.08. The van der Waals surface area contributed by atoms with E-state index in [0.717, 1.165) is 27.1 Å². The topological polar surface area (TPSA) is 76.5 Å². The number of carbonyl (C=O) groups excluding carboxylic acids is 3. The summed E-state index contributed by atoms with van der Waals surface area (Å²) >= 11 is 6.67. The second kappa shape index (κ2) is 9.66. The van der Waals surface area contributed by atoms with Crippen molar-refractivity contribution >= 4 is 67.4 Å². The summed E-state index contributed by atoms with van der Waals surface area (Å²) in [5, 5.41) is 4.94. The Kier molecular flexibility index (Phi) is 5.80. The van der Waals surface area contributed by atoms with Gasteiger partial charge < -0.3 is 0 Å². The Hall–Kier alpha value is -5.40. The number of hydrogen-bond donors (Lipinski definition) is 0. The van der Waals surface area contributed by atoms with E-state index in [1.807, 2.05) is 103 Å². The Morgan fingerprint density at radius 1 is 0.659 bits per heavy atom. The molecular weight excluding hydrogens is 532 g/mol. The van der Waals surface area contributed by atoms with Crippen LogP contribution < -0.4 is 21.0 Å². The van der Waals surface area contributed by atoms with E-state index in [2.05, 4.69) is 9.98 Å². The number of rotatable bonds is 2. The van der Waals surface area contributed by atoms with E-state index >= 15 is 0 Å². The molecule has 0 bridgehead atoms. The quantitative estimate of drug-likeness (QED) is 0.189. The van der Waals surface area contributed by atoms with Gasteiger partial charge in [-0.15, -0.1) is 0 Å². The van der Waals surface area contributed by atoms with Crippen molar-refractivity contribution in [3.05, 3.63) is 129 Å². The molecule has 0 saturated heterocycles. The van der Waals surface area contributed by atoms with Gasteiger partial charge in [-0.3, -0.25) is 9.98 Å². The fourth-order valence-electron chi connectivity index (χ4n) is 5.73. The molecule has 192 valence electrons. The van der Waals surface area contributed by atoms with Crippen molar-refractivity contribution < 1.29 is 14.4 Å². The molecular formula is C35H17ClN2O3. The van der Waals surface area contributed by atoms with Crippen molar-refractivity contribution in [2.75, 3.05) is 0 Å². The molecule has 0 N–H and O–H groups in total. The first kappa shape index (κ1) is 24.6. The molecule has 1 aliphatic rings. The van der Waals surface area contributed by atoms with Gasteiger partial charge in [0.2, 0.25) is 0 Å². The lowest BCUT2D eigenvalue weighted by atomic mass is 9.89. The first-order chi connectivity index (χ1) is 20.1. The van der Waals surface area contributed by atoms with Gasteiger partial charge in [0, 0.05) is 22.4 Å². The molecule has 6 heteroatoms. The first-order valence-electron chi connectivity index (χ1n) is 12.8. The zero-order valence-electron chi connectivity index (χ0n) is 21.3. The molecule has 7 rings (SSSR count). The summed E-state index contributed by atoms with van der Waals surface area (Å²) in [4.78, 5) is 46.8. The summed E-state index contributed by atoms with van der Waals surface area (Å²) < 4.78 is 0. The number of nitrogens with zero attached hydrogens (tertiary/aromatic N) is 2. The van der Waals surface area contributed by atoms with Gasteiger partial charge in [0.05, 0.1) is 26.9 Å². The average Bonchev–Trinajstić information content (AvgIpc) is 3.02. The third kappa shape index (κ3) is 3.78. The monoisotopic (exact) mass is 548 g/mol. The molecule has 5 nitrogen and oxygen atoms in total. The molecule has 5 aromatic carbocycles. The Morgan fingerprint density at radius 3 is 1.90 bits per heavy atom. The molecule has 6 aromatic rings. The zero-order valence-corrected chi connectivity index (χ0v) is 22.1. The number of benzene rings is 5.